The Bertz CT molecular complexity index is 420. The molecule has 1 unspecified atom stereocenters. The molecule has 2 nitrogen and oxygen atoms in total. The van der Waals surface area contributed by atoms with Gasteiger partial charge in [-0.2, -0.15) is 11.8 Å². The zero-order valence-corrected chi connectivity index (χ0v) is 11.3. The van der Waals surface area contributed by atoms with Crippen molar-refractivity contribution in [3.8, 4) is 5.75 Å². The van der Waals surface area contributed by atoms with Crippen LogP contribution in [0.5, 0.6) is 5.75 Å². The van der Waals surface area contributed by atoms with E-state index in [1.807, 2.05) is 11.8 Å². The van der Waals surface area contributed by atoms with Crippen molar-refractivity contribution < 1.29 is 9.53 Å². The maximum atomic E-state index is 11.9. The summed E-state index contributed by atoms with van der Waals surface area (Å²) in [7, 11) is 0. The number of hydrogen-bond acceptors (Lipinski definition) is 3. The molecule has 92 valence electrons. The Morgan fingerprint density at radius 2 is 2.35 bits per heavy atom. The Labute approximate surface area is 111 Å². The molecule has 0 radical (unpaired) electrons. The zero-order valence-electron chi connectivity index (χ0n) is 9.74. The second-order valence-electron chi connectivity index (χ2n) is 3.99. The number of hydrogen-bond donors (Lipinski definition) is 0. The molecule has 1 aliphatic heterocycles. The van der Waals surface area contributed by atoms with Crippen molar-refractivity contribution in [3.05, 3.63) is 28.8 Å². The average Bonchev–Trinajstić information content (AvgIpc) is 2.31. The third-order valence-corrected chi connectivity index (χ3v) is 3.90. The summed E-state index contributed by atoms with van der Waals surface area (Å²) in [5.74, 6) is 2.96. The summed E-state index contributed by atoms with van der Waals surface area (Å²) < 4.78 is 5.81. The fraction of sp³-hybridized carbons (Fsp3) is 0.462. The number of carbonyl (C=O) groups excluding carboxylic acids is 1. The van der Waals surface area contributed by atoms with E-state index >= 15 is 0 Å². The fourth-order valence-electron chi connectivity index (χ4n) is 1.88. The van der Waals surface area contributed by atoms with E-state index in [1.165, 1.54) is 0 Å². The average molecular weight is 271 g/mol. The third kappa shape index (κ3) is 3.17. The molecule has 4 heteroatoms. The number of ketones is 1. The SMILES string of the molecule is CCSCCC1CC(=O)c2cc(Cl)ccc2O1. The summed E-state index contributed by atoms with van der Waals surface area (Å²) in [6.45, 7) is 2.13. The van der Waals surface area contributed by atoms with Crippen LogP contribution in [0.15, 0.2) is 18.2 Å². The molecular weight excluding hydrogens is 256 g/mol. The number of fused-ring (bicyclic) bond motifs is 1. The van der Waals surface area contributed by atoms with Gasteiger partial charge < -0.3 is 4.74 Å². The molecule has 1 aliphatic rings. The molecule has 0 saturated heterocycles. The smallest absolute Gasteiger partial charge is 0.170 e. The van der Waals surface area contributed by atoms with Gasteiger partial charge in [-0.1, -0.05) is 18.5 Å². The van der Waals surface area contributed by atoms with Gasteiger partial charge in [-0.15, -0.1) is 0 Å². The number of rotatable bonds is 4. The van der Waals surface area contributed by atoms with Gasteiger partial charge in [-0.05, 0) is 36.1 Å². The van der Waals surface area contributed by atoms with Gasteiger partial charge in [0.05, 0.1) is 5.56 Å². The Hall–Kier alpha value is -0.670. The molecule has 0 spiro atoms. The quantitative estimate of drug-likeness (QED) is 0.778. The van der Waals surface area contributed by atoms with Crippen molar-refractivity contribution in [2.75, 3.05) is 11.5 Å². The lowest BCUT2D eigenvalue weighted by atomic mass is 9.99. The summed E-state index contributed by atoms with van der Waals surface area (Å²) in [6, 6.07) is 5.24. The van der Waals surface area contributed by atoms with Crippen LogP contribution < -0.4 is 4.74 Å². The molecular formula is C13H15ClO2S. The maximum absolute atomic E-state index is 11.9. The Kier molecular flexibility index (Phi) is 4.35. The highest BCUT2D eigenvalue weighted by Gasteiger charge is 2.26. The lowest BCUT2D eigenvalue weighted by molar-refractivity contribution is 0.0847. The summed E-state index contributed by atoms with van der Waals surface area (Å²) in [5, 5.41) is 0.584. The molecule has 1 atom stereocenters. The third-order valence-electron chi connectivity index (χ3n) is 2.74. The summed E-state index contributed by atoms with van der Waals surface area (Å²) in [6.07, 6.45) is 1.42. The second kappa shape index (κ2) is 5.78. The van der Waals surface area contributed by atoms with Crippen molar-refractivity contribution >= 4 is 29.1 Å². The van der Waals surface area contributed by atoms with E-state index in [2.05, 4.69) is 6.92 Å². The van der Waals surface area contributed by atoms with Crippen molar-refractivity contribution in [1.82, 2.24) is 0 Å². The van der Waals surface area contributed by atoms with Crippen LogP contribution in [0.2, 0.25) is 5.02 Å². The first-order chi connectivity index (χ1) is 8.20. The van der Waals surface area contributed by atoms with Crippen LogP contribution in [0.3, 0.4) is 0 Å². The fourth-order valence-corrected chi connectivity index (χ4v) is 2.77. The molecule has 0 saturated carbocycles. The van der Waals surface area contributed by atoms with E-state index in [4.69, 9.17) is 16.3 Å². The van der Waals surface area contributed by atoms with Crippen LogP contribution in [0, 0.1) is 0 Å². The van der Waals surface area contributed by atoms with Gasteiger partial charge >= 0.3 is 0 Å². The Balaban J connectivity index is 2.06. The number of ether oxygens (including phenoxy) is 1. The molecule has 1 aromatic rings. The highest BCUT2D eigenvalue weighted by Crippen LogP contribution is 2.31. The lowest BCUT2D eigenvalue weighted by Gasteiger charge is -2.25. The molecule has 0 N–H and O–H groups in total. The van der Waals surface area contributed by atoms with E-state index in [0.29, 0.717) is 22.8 Å². The van der Waals surface area contributed by atoms with Gasteiger partial charge in [0.25, 0.3) is 0 Å². The van der Waals surface area contributed by atoms with Crippen LogP contribution in [-0.4, -0.2) is 23.4 Å². The summed E-state index contributed by atoms with van der Waals surface area (Å²) in [4.78, 5) is 11.9. The number of benzene rings is 1. The molecule has 0 bridgehead atoms. The lowest BCUT2D eigenvalue weighted by Crippen LogP contribution is -2.27. The summed E-state index contributed by atoms with van der Waals surface area (Å²) in [5.41, 5.74) is 0.622. The van der Waals surface area contributed by atoms with Gasteiger partial charge in [0, 0.05) is 11.4 Å². The molecule has 0 amide bonds. The Morgan fingerprint density at radius 1 is 1.53 bits per heavy atom. The van der Waals surface area contributed by atoms with E-state index in [-0.39, 0.29) is 11.9 Å². The molecule has 1 aromatic carbocycles. The minimum Gasteiger partial charge on any atom is -0.489 e. The van der Waals surface area contributed by atoms with E-state index < -0.39 is 0 Å². The van der Waals surface area contributed by atoms with Crippen LogP contribution in [0.1, 0.15) is 30.1 Å². The van der Waals surface area contributed by atoms with Crippen LogP contribution in [0.25, 0.3) is 0 Å². The standard InChI is InChI=1S/C13H15ClO2S/c1-2-17-6-5-10-8-12(15)11-7-9(14)3-4-13(11)16-10/h3-4,7,10H,2,5-6,8H2,1H3. The normalized spacial score (nSPS) is 18.7. The monoisotopic (exact) mass is 270 g/mol. The minimum atomic E-state index is 0.0234. The maximum Gasteiger partial charge on any atom is 0.170 e. The molecule has 0 fully saturated rings. The molecule has 0 aliphatic carbocycles. The highest BCUT2D eigenvalue weighted by molar-refractivity contribution is 7.99. The van der Waals surface area contributed by atoms with Crippen LogP contribution >= 0.6 is 23.4 Å². The molecule has 2 rings (SSSR count). The van der Waals surface area contributed by atoms with Crippen molar-refractivity contribution in [2.45, 2.75) is 25.9 Å². The number of carbonyl (C=O) groups is 1. The Morgan fingerprint density at radius 3 is 3.12 bits per heavy atom. The first-order valence-electron chi connectivity index (χ1n) is 5.78. The van der Waals surface area contributed by atoms with Crippen molar-refractivity contribution in [1.29, 1.82) is 0 Å². The molecule has 0 aromatic heterocycles. The molecule has 1 heterocycles. The van der Waals surface area contributed by atoms with Crippen LogP contribution in [-0.2, 0) is 0 Å². The van der Waals surface area contributed by atoms with E-state index in [0.717, 1.165) is 17.9 Å². The highest BCUT2D eigenvalue weighted by atomic mass is 35.5. The minimum absolute atomic E-state index is 0.0234. The van der Waals surface area contributed by atoms with Gasteiger partial charge in [-0.25, -0.2) is 0 Å². The number of thioether (sulfide) groups is 1. The van der Waals surface area contributed by atoms with Gasteiger partial charge in [0.15, 0.2) is 5.78 Å². The van der Waals surface area contributed by atoms with Gasteiger partial charge in [0.1, 0.15) is 11.9 Å². The van der Waals surface area contributed by atoms with Gasteiger partial charge in [-0.3, -0.25) is 4.79 Å². The van der Waals surface area contributed by atoms with E-state index in [1.54, 1.807) is 18.2 Å². The van der Waals surface area contributed by atoms with E-state index in [9.17, 15) is 4.79 Å². The van der Waals surface area contributed by atoms with Crippen LogP contribution in [0.4, 0.5) is 0 Å². The molecule has 17 heavy (non-hydrogen) atoms. The second-order valence-corrected chi connectivity index (χ2v) is 5.82. The number of halogens is 1. The van der Waals surface area contributed by atoms with Crippen molar-refractivity contribution in [2.24, 2.45) is 0 Å². The topological polar surface area (TPSA) is 26.3 Å². The number of Topliss-reactive ketones (excluding diaryl/α,β-unsaturated/α-hetero) is 1. The summed E-state index contributed by atoms with van der Waals surface area (Å²) >= 11 is 7.74. The van der Waals surface area contributed by atoms with Gasteiger partial charge in [0.2, 0.25) is 0 Å². The largest absolute Gasteiger partial charge is 0.489 e. The zero-order chi connectivity index (χ0) is 12.3. The first-order valence-corrected chi connectivity index (χ1v) is 7.31. The van der Waals surface area contributed by atoms with Crippen molar-refractivity contribution in [3.63, 3.8) is 0 Å². The predicted octanol–water partition coefficient (Wildman–Crippen LogP) is 3.82. The predicted molar refractivity (Wildman–Crippen MR) is 72.4 cm³/mol. The first kappa shape index (κ1) is 12.8.